The number of hydrogen-bond acceptors (Lipinski definition) is 2. The molecule has 3 heteroatoms. The van der Waals surface area contributed by atoms with Crippen LogP contribution < -0.4 is 4.90 Å². The molecule has 0 atom stereocenters. The Morgan fingerprint density at radius 1 is 0.880 bits per heavy atom. The highest BCUT2D eigenvalue weighted by Gasteiger charge is 2.09. The molecular weight excluding hydrogens is 306 g/mol. The van der Waals surface area contributed by atoms with Gasteiger partial charge in [-0.25, -0.2) is 0 Å². The van der Waals surface area contributed by atoms with Gasteiger partial charge in [-0.3, -0.25) is 4.99 Å². The number of aryl methyl sites for hydroxylation is 2. The van der Waals surface area contributed by atoms with E-state index >= 15 is 0 Å². The Morgan fingerprint density at radius 3 is 2.12 bits per heavy atom. The van der Waals surface area contributed by atoms with Gasteiger partial charge in [-0.2, -0.15) is 0 Å². The lowest BCUT2D eigenvalue weighted by Crippen LogP contribution is -2.07. The van der Waals surface area contributed by atoms with Gasteiger partial charge in [0.2, 0.25) is 0 Å². The molecule has 3 nitrogen and oxygen atoms in total. The molecule has 2 aromatic carbocycles. The first-order chi connectivity index (χ1) is 12.0. The summed E-state index contributed by atoms with van der Waals surface area (Å²) >= 11 is 0. The van der Waals surface area contributed by atoms with Crippen molar-refractivity contribution in [1.29, 1.82) is 0 Å². The minimum absolute atomic E-state index is 0.964. The van der Waals surface area contributed by atoms with Crippen molar-refractivity contribution in [3.63, 3.8) is 0 Å². The van der Waals surface area contributed by atoms with E-state index in [-0.39, 0.29) is 0 Å². The Labute approximate surface area is 150 Å². The van der Waals surface area contributed by atoms with Crippen molar-refractivity contribution in [2.24, 2.45) is 4.99 Å². The molecule has 3 rings (SSSR count). The first-order valence-electron chi connectivity index (χ1n) is 8.53. The van der Waals surface area contributed by atoms with Crippen molar-refractivity contribution in [3.8, 4) is 5.69 Å². The molecule has 25 heavy (non-hydrogen) atoms. The van der Waals surface area contributed by atoms with Crippen molar-refractivity contribution in [3.05, 3.63) is 77.1 Å². The fraction of sp³-hybridized carbons (Fsp3) is 0.227. The summed E-state index contributed by atoms with van der Waals surface area (Å²) < 4.78 is 2.27. The van der Waals surface area contributed by atoms with Crippen LogP contribution >= 0.6 is 0 Å². The molecule has 3 aromatic rings. The first kappa shape index (κ1) is 17.0. The molecule has 0 saturated heterocycles. The highest BCUT2D eigenvalue weighted by Crippen LogP contribution is 2.22. The monoisotopic (exact) mass is 331 g/mol. The molecule has 0 aliphatic carbocycles. The van der Waals surface area contributed by atoms with Gasteiger partial charge in [0.05, 0.1) is 5.69 Å². The van der Waals surface area contributed by atoms with Gasteiger partial charge in [0.15, 0.2) is 0 Å². The van der Waals surface area contributed by atoms with Crippen LogP contribution in [0.25, 0.3) is 5.69 Å². The summed E-state index contributed by atoms with van der Waals surface area (Å²) in [4.78, 5) is 6.73. The summed E-state index contributed by atoms with van der Waals surface area (Å²) in [6.45, 7) is 6.39. The van der Waals surface area contributed by atoms with Gasteiger partial charge in [-0.05, 0) is 63.2 Å². The standard InChI is InChI=1S/C22H25N3/c1-16-6-10-22(11-7-16)25-17(2)14-19(18(25)3)15-23-20-8-12-21(13-9-20)24(4)5/h6-15H,1-5H3. The topological polar surface area (TPSA) is 20.5 Å². The molecule has 0 spiro atoms. The van der Waals surface area contributed by atoms with E-state index in [1.54, 1.807) is 0 Å². The fourth-order valence-electron chi connectivity index (χ4n) is 2.99. The predicted octanol–water partition coefficient (Wildman–Crippen LogP) is 5.22. The van der Waals surface area contributed by atoms with Gasteiger partial charge in [0, 0.05) is 48.6 Å². The molecule has 0 aliphatic heterocycles. The number of aliphatic imine (C=N–C) groups is 1. The van der Waals surface area contributed by atoms with E-state index in [0.717, 1.165) is 11.3 Å². The van der Waals surface area contributed by atoms with E-state index < -0.39 is 0 Å². The molecular formula is C22H25N3. The van der Waals surface area contributed by atoms with Gasteiger partial charge in [0.1, 0.15) is 0 Å². The second kappa shape index (κ2) is 6.98. The predicted molar refractivity (Wildman–Crippen MR) is 108 cm³/mol. The third kappa shape index (κ3) is 3.66. The second-order valence-electron chi connectivity index (χ2n) is 6.67. The van der Waals surface area contributed by atoms with Crippen LogP contribution in [-0.2, 0) is 0 Å². The lowest BCUT2D eigenvalue weighted by molar-refractivity contribution is 0.964. The summed E-state index contributed by atoms with van der Waals surface area (Å²) in [5.41, 5.74) is 8.17. The van der Waals surface area contributed by atoms with E-state index in [1.807, 2.05) is 32.4 Å². The summed E-state index contributed by atoms with van der Waals surface area (Å²) in [5, 5.41) is 0. The Hall–Kier alpha value is -2.81. The lowest BCUT2D eigenvalue weighted by Gasteiger charge is -2.11. The third-order valence-corrected chi connectivity index (χ3v) is 4.48. The number of hydrogen-bond donors (Lipinski definition) is 0. The minimum Gasteiger partial charge on any atom is -0.378 e. The van der Waals surface area contributed by atoms with Gasteiger partial charge in [-0.15, -0.1) is 0 Å². The van der Waals surface area contributed by atoms with E-state index in [4.69, 9.17) is 0 Å². The average molecular weight is 331 g/mol. The number of aromatic nitrogens is 1. The normalized spacial score (nSPS) is 11.2. The zero-order chi connectivity index (χ0) is 18.0. The Bertz CT molecular complexity index is 882. The van der Waals surface area contributed by atoms with Crippen LogP contribution in [0.4, 0.5) is 11.4 Å². The second-order valence-corrected chi connectivity index (χ2v) is 6.67. The van der Waals surface area contributed by atoms with Gasteiger partial charge in [-0.1, -0.05) is 17.7 Å². The van der Waals surface area contributed by atoms with Gasteiger partial charge in [0.25, 0.3) is 0 Å². The molecule has 1 heterocycles. The maximum atomic E-state index is 4.64. The van der Waals surface area contributed by atoms with Crippen molar-refractivity contribution in [2.75, 3.05) is 19.0 Å². The smallest absolute Gasteiger partial charge is 0.0631 e. The van der Waals surface area contributed by atoms with Gasteiger partial charge < -0.3 is 9.47 Å². The van der Waals surface area contributed by atoms with Crippen LogP contribution in [-0.4, -0.2) is 24.9 Å². The molecule has 0 N–H and O–H groups in total. The van der Waals surface area contributed by atoms with E-state index in [2.05, 4.69) is 77.7 Å². The van der Waals surface area contributed by atoms with Crippen LogP contribution in [0.15, 0.2) is 59.6 Å². The Balaban J connectivity index is 1.88. The molecule has 0 saturated carbocycles. The fourth-order valence-corrected chi connectivity index (χ4v) is 2.99. The van der Waals surface area contributed by atoms with Crippen molar-refractivity contribution >= 4 is 17.6 Å². The molecule has 0 bridgehead atoms. The largest absolute Gasteiger partial charge is 0.378 e. The molecule has 0 amide bonds. The highest BCUT2D eigenvalue weighted by molar-refractivity contribution is 5.84. The zero-order valence-corrected chi connectivity index (χ0v) is 15.6. The van der Waals surface area contributed by atoms with Crippen LogP contribution in [0.1, 0.15) is 22.5 Å². The molecule has 0 unspecified atom stereocenters. The third-order valence-electron chi connectivity index (χ3n) is 4.48. The molecule has 1 aromatic heterocycles. The molecule has 0 fully saturated rings. The molecule has 0 aliphatic rings. The molecule has 0 radical (unpaired) electrons. The quantitative estimate of drug-likeness (QED) is 0.600. The van der Waals surface area contributed by atoms with Crippen LogP contribution in [0, 0.1) is 20.8 Å². The van der Waals surface area contributed by atoms with E-state index in [9.17, 15) is 0 Å². The van der Waals surface area contributed by atoms with Crippen molar-refractivity contribution < 1.29 is 0 Å². The summed E-state index contributed by atoms with van der Waals surface area (Å²) in [6.07, 6.45) is 1.96. The van der Waals surface area contributed by atoms with Gasteiger partial charge >= 0.3 is 0 Å². The summed E-state index contributed by atoms with van der Waals surface area (Å²) in [7, 11) is 4.08. The van der Waals surface area contributed by atoms with Crippen molar-refractivity contribution in [1.82, 2.24) is 4.57 Å². The maximum absolute atomic E-state index is 4.64. The number of benzene rings is 2. The average Bonchev–Trinajstić information content (AvgIpc) is 2.88. The van der Waals surface area contributed by atoms with Crippen LogP contribution in [0.2, 0.25) is 0 Å². The molecule has 128 valence electrons. The summed E-state index contributed by atoms with van der Waals surface area (Å²) in [5.74, 6) is 0. The van der Waals surface area contributed by atoms with E-state index in [1.165, 1.54) is 28.3 Å². The minimum atomic E-state index is 0.964. The maximum Gasteiger partial charge on any atom is 0.0631 e. The number of nitrogens with zero attached hydrogens (tertiary/aromatic N) is 3. The SMILES string of the molecule is Cc1ccc(-n2c(C)cc(C=Nc3ccc(N(C)C)cc3)c2C)cc1. The Kier molecular flexibility index (Phi) is 4.75. The van der Waals surface area contributed by atoms with Crippen molar-refractivity contribution in [2.45, 2.75) is 20.8 Å². The van der Waals surface area contributed by atoms with Crippen LogP contribution in [0.5, 0.6) is 0 Å². The summed E-state index contributed by atoms with van der Waals surface area (Å²) in [6, 6.07) is 19.1. The first-order valence-corrected chi connectivity index (χ1v) is 8.53. The Morgan fingerprint density at radius 2 is 1.52 bits per heavy atom. The highest BCUT2D eigenvalue weighted by atomic mass is 15.1. The van der Waals surface area contributed by atoms with Crippen LogP contribution in [0.3, 0.4) is 0 Å². The zero-order valence-electron chi connectivity index (χ0n) is 15.6. The number of anilines is 1. The number of rotatable bonds is 4. The van der Waals surface area contributed by atoms with E-state index in [0.29, 0.717) is 0 Å². The lowest BCUT2D eigenvalue weighted by atomic mass is 10.2.